The zero-order chi connectivity index (χ0) is 18.6. The van der Waals surface area contributed by atoms with Crippen molar-refractivity contribution in [1.82, 2.24) is 4.98 Å². The molecular formula is C20H16N2O4S. The third-order valence-electron chi connectivity index (χ3n) is 3.84. The van der Waals surface area contributed by atoms with Crippen LogP contribution in [0.4, 0.5) is 5.13 Å². The normalized spacial score (nSPS) is 10.7. The Labute approximate surface area is 159 Å². The van der Waals surface area contributed by atoms with Gasteiger partial charge in [0.2, 0.25) is 0 Å². The van der Waals surface area contributed by atoms with Crippen LogP contribution in [0.25, 0.3) is 22.4 Å². The number of carbonyl (C=O) groups excluding carboxylic acids is 1. The zero-order valence-electron chi connectivity index (χ0n) is 14.5. The number of carbonyl (C=O) groups is 1. The molecule has 0 atom stereocenters. The van der Waals surface area contributed by atoms with Gasteiger partial charge in [0.25, 0.3) is 5.91 Å². The van der Waals surface area contributed by atoms with Gasteiger partial charge in [-0.2, -0.15) is 0 Å². The van der Waals surface area contributed by atoms with Gasteiger partial charge in [0.05, 0.1) is 7.11 Å². The fraction of sp³-hybridized carbons (Fsp3) is 0.100. The Bertz CT molecular complexity index is 1070. The number of aromatic nitrogens is 1. The van der Waals surface area contributed by atoms with Gasteiger partial charge in [-0.3, -0.25) is 10.1 Å². The Kier molecular flexibility index (Phi) is 4.76. The summed E-state index contributed by atoms with van der Waals surface area (Å²) < 4.78 is 16.5. The number of ether oxygens (including phenoxy) is 2. The van der Waals surface area contributed by atoms with E-state index in [1.165, 1.54) is 11.3 Å². The number of para-hydroxylation sites is 1. The van der Waals surface area contributed by atoms with E-state index in [4.69, 9.17) is 13.9 Å². The second-order valence-corrected chi connectivity index (χ2v) is 6.56. The van der Waals surface area contributed by atoms with Crippen molar-refractivity contribution in [3.8, 4) is 23.0 Å². The first-order valence-corrected chi connectivity index (χ1v) is 9.10. The lowest BCUT2D eigenvalue weighted by molar-refractivity contribution is -0.118. The molecule has 2 aromatic carbocycles. The SMILES string of the molecule is COc1ccc2cc(-c3csc(NC(=O)COc4ccccc4)n3)oc2c1. The minimum atomic E-state index is -0.269. The first-order chi connectivity index (χ1) is 13.2. The lowest BCUT2D eigenvalue weighted by Crippen LogP contribution is -2.19. The number of thiazole rings is 1. The van der Waals surface area contributed by atoms with Gasteiger partial charge in [-0.15, -0.1) is 11.3 Å². The Hall–Kier alpha value is -3.32. The van der Waals surface area contributed by atoms with Gasteiger partial charge in [0.15, 0.2) is 17.5 Å². The van der Waals surface area contributed by atoms with Gasteiger partial charge < -0.3 is 13.9 Å². The number of nitrogens with one attached hydrogen (secondary N) is 1. The van der Waals surface area contributed by atoms with Crippen molar-refractivity contribution in [3.05, 3.63) is 60.0 Å². The van der Waals surface area contributed by atoms with Crippen molar-refractivity contribution >= 4 is 33.3 Å². The molecule has 0 aliphatic carbocycles. The lowest BCUT2D eigenvalue weighted by atomic mass is 10.2. The molecule has 0 unspecified atom stereocenters. The average molecular weight is 380 g/mol. The third-order valence-corrected chi connectivity index (χ3v) is 4.60. The smallest absolute Gasteiger partial charge is 0.264 e. The Balaban J connectivity index is 1.43. The summed E-state index contributed by atoms with van der Waals surface area (Å²) in [5, 5.41) is 6.02. The van der Waals surface area contributed by atoms with Crippen molar-refractivity contribution in [3.63, 3.8) is 0 Å². The van der Waals surface area contributed by atoms with Crippen molar-refractivity contribution in [2.24, 2.45) is 0 Å². The van der Waals surface area contributed by atoms with E-state index in [2.05, 4.69) is 10.3 Å². The molecular weight excluding hydrogens is 364 g/mol. The number of hydrogen-bond donors (Lipinski definition) is 1. The van der Waals surface area contributed by atoms with Gasteiger partial charge in [0, 0.05) is 16.8 Å². The molecule has 0 saturated carbocycles. The van der Waals surface area contributed by atoms with E-state index in [9.17, 15) is 4.79 Å². The van der Waals surface area contributed by atoms with Crippen LogP contribution in [0.2, 0.25) is 0 Å². The number of nitrogens with zero attached hydrogens (tertiary/aromatic N) is 1. The highest BCUT2D eigenvalue weighted by atomic mass is 32.1. The zero-order valence-corrected chi connectivity index (χ0v) is 15.3. The van der Waals surface area contributed by atoms with Gasteiger partial charge in [0.1, 0.15) is 22.8 Å². The molecule has 2 heterocycles. The van der Waals surface area contributed by atoms with Crippen LogP contribution < -0.4 is 14.8 Å². The molecule has 1 amide bonds. The molecule has 2 aromatic heterocycles. The van der Waals surface area contributed by atoms with Crippen molar-refractivity contribution in [2.45, 2.75) is 0 Å². The molecule has 6 nitrogen and oxygen atoms in total. The Morgan fingerprint density at radius 2 is 2.00 bits per heavy atom. The van der Waals surface area contributed by atoms with E-state index in [0.717, 1.165) is 16.7 Å². The second-order valence-electron chi connectivity index (χ2n) is 5.70. The summed E-state index contributed by atoms with van der Waals surface area (Å²) in [5.41, 5.74) is 1.38. The van der Waals surface area contributed by atoms with Crippen LogP contribution in [-0.2, 0) is 4.79 Å². The lowest BCUT2D eigenvalue weighted by Gasteiger charge is -2.05. The van der Waals surface area contributed by atoms with E-state index in [1.807, 2.05) is 47.8 Å². The highest BCUT2D eigenvalue weighted by Gasteiger charge is 2.13. The van der Waals surface area contributed by atoms with Crippen LogP contribution in [0, 0.1) is 0 Å². The summed E-state index contributed by atoms with van der Waals surface area (Å²) in [6, 6.07) is 16.7. The van der Waals surface area contributed by atoms with Crippen LogP contribution in [0.5, 0.6) is 11.5 Å². The summed E-state index contributed by atoms with van der Waals surface area (Å²) in [5.74, 6) is 1.74. The monoisotopic (exact) mass is 380 g/mol. The van der Waals surface area contributed by atoms with Crippen molar-refractivity contribution in [1.29, 1.82) is 0 Å². The van der Waals surface area contributed by atoms with Gasteiger partial charge in [-0.05, 0) is 30.3 Å². The maximum atomic E-state index is 12.0. The van der Waals surface area contributed by atoms with Crippen molar-refractivity contribution < 1.29 is 18.7 Å². The van der Waals surface area contributed by atoms with Crippen molar-refractivity contribution in [2.75, 3.05) is 19.0 Å². The quantitative estimate of drug-likeness (QED) is 0.530. The molecule has 0 saturated heterocycles. The number of anilines is 1. The molecule has 0 spiro atoms. The van der Waals surface area contributed by atoms with Gasteiger partial charge in [-0.1, -0.05) is 18.2 Å². The first-order valence-electron chi connectivity index (χ1n) is 8.22. The molecule has 4 rings (SSSR count). The Morgan fingerprint density at radius 1 is 1.15 bits per heavy atom. The number of benzene rings is 2. The van der Waals surface area contributed by atoms with Gasteiger partial charge >= 0.3 is 0 Å². The predicted octanol–water partition coefficient (Wildman–Crippen LogP) is 4.58. The maximum absolute atomic E-state index is 12.0. The largest absolute Gasteiger partial charge is 0.497 e. The standard InChI is InChI=1S/C20H16N2O4S/c1-24-15-8-7-13-9-18(26-17(13)10-15)16-12-27-20(21-16)22-19(23)11-25-14-5-3-2-4-6-14/h2-10,12H,11H2,1H3,(H,21,22,23). The van der Waals surface area contributed by atoms with Gasteiger partial charge in [-0.25, -0.2) is 4.98 Å². The minimum absolute atomic E-state index is 0.0800. The third kappa shape index (κ3) is 3.93. The number of amides is 1. The molecule has 0 aliphatic heterocycles. The molecule has 4 aromatic rings. The predicted molar refractivity (Wildman–Crippen MR) is 104 cm³/mol. The fourth-order valence-corrected chi connectivity index (χ4v) is 3.25. The average Bonchev–Trinajstić information content (AvgIpc) is 3.33. The molecule has 7 heteroatoms. The number of hydrogen-bond acceptors (Lipinski definition) is 6. The van der Waals surface area contributed by atoms with E-state index < -0.39 is 0 Å². The van der Waals surface area contributed by atoms with E-state index in [1.54, 1.807) is 19.2 Å². The Morgan fingerprint density at radius 3 is 2.81 bits per heavy atom. The summed E-state index contributed by atoms with van der Waals surface area (Å²) in [7, 11) is 1.61. The number of fused-ring (bicyclic) bond motifs is 1. The minimum Gasteiger partial charge on any atom is -0.497 e. The van der Waals surface area contributed by atoms with E-state index in [-0.39, 0.29) is 12.5 Å². The molecule has 1 N–H and O–H groups in total. The molecule has 0 fully saturated rings. The van der Waals surface area contributed by atoms with Crippen LogP contribution in [0.3, 0.4) is 0 Å². The molecule has 0 bridgehead atoms. The number of methoxy groups -OCH3 is 1. The second kappa shape index (κ2) is 7.51. The summed E-state index contributed by atoms with van der Waals surface area (Å²) in [6.07, 6.45) is 0. The molecule has 0 radical (unpaired) electrons. The maximum Gasteiger partial charge on any atom is 0.264 e. The van der Waals surface area contributed by atoms with Crippen LogP contribution >= 0.6 is 11.3 Å². The molecule has 27 heavy (non-hydrogen) atoms. The molecule has 0 aliphatic rings. The van der Waals surface area contributed by atoms with E-state index >= 15 is 0 Å². The highest BCUT2D eigenvalue weighted by molar-refractivity contribution is 7.14. The fourth-order valence-electron chi connectivity index (χ4n) is 2.53. The number of furan rings is 1. The molecule has 136 valence electrons. The topological polar surface area (TPSA) is 73.6 Å². The number of rotatable bonds is 6. The first kappa shape index (κ1) is 17.1. The van der Waals surface area contributed by atoms with Crippen LogP contribution in [-0.4, -0.2) is 24.6 Å². The van der Waals surface area contributed by atoms with E-state index in [0.29, 0.717) is 22.3 Å². The van der Waals surface area contributed by atoms with Crippen LogP contribution in [0.15, 0.2) is 64.4 Å². The van der Waals surface area contributed by atoms with Crippen LogP contribution in [0.1, 0.15) is 0 Å². The summed E-state index contributed by atoms with van der Waals surface area (Å²) in [4.78, 5) is 16.5. The highest BCUT2D eigenvalue weighted by Crippen LogP contribution is 2.31. The summed E-state index contributed by atoms with van der Waals surface area (Å²) in [6.45, 7) is -0.0800. The summed E-state index contributed by atoms with van der Waals surface area (Å²) >= 11 is 1.33.